The minimum Gasteiger partial charge on any atom is -0.414 e. The lowest BCUT2D eigenvalue weighted by molar-refractivity contribution is -0.0338. The zero-order valence-electron chi connectivity index (χ0n) is 26.9. The molecule has 0 aromatic rings. The largest absolute Gasteiger partial charge is 0.414 e. The fourth-order valence-corrected chi connectivity index (χ4v) is 6.69. The van der Waals surface area contributed by atoms with Crippen LogP contribution >= 0.6 is 0 Å². The Balaban J connectivity index is 6.11. The SMILES string of the molecule is CCCCOC[C@@H](O[Si](C)(C)C(C)(C)C)[C@H](C)[C@H](CO[Si](C)(C)C(C)(C)C)O[Si](C)(C)C(C)(C)C. The van der Waals surface area contributed by atoms with Gasteiger partial charge in [0.15, 0.2) is 25.0 Å². The molecule has 0 amide bonds. The van der Waals surface area contributed by atoms with Gasteiger partial charge in [-0.15, -0.1) is 0 Å². The van der Waals surface area contributed by atoms with Gasteiger partial charge in [0.2, 0.25) is 0 Å². The summed E-state index contributed by atoms with van der Waals surface area (Å²) in [5.41, 5.74) is 0. The van der Waals surface area contributed by atoms with Crippen molar-refractivity contribution in [1.82, 2.24) is 0 Å². The van der Waals surface area contributed by atoms with Gasteiger partial charge in [0.1, 0.15) is 0 Å². The molecule has 0 aromatic carbocycles. The second kappa shape index (κ2) is 13.0. The molecule has 0 aliphatic carbocycles. The van der Waals surface area contributed by atoms with Crippen LogP contribution in [0.2, 0.25) is 54.4 Å². The van der Waals surface area contributed by atoms with Crippen molar-refractivity contribution in [3.8, 4) is 0 Å². The summed E-state index contributed by atoms with van der Waals surface area (Å²) in [5, 5.41) is 0.440. The maximum Gasteiger partial charge on any atom is 0.192 e. The molecule has 35 heavy (non-hydrogen) atoms. The van der Waals surface area contributed by atoms with Crippen LogP contribution in [0.4, 0.5) is 0 Å². The van der Waals surface area contributed by atoms with E-state index in [4.69, 9.17) is 18.0 Å². The summed E-state index contributed by atoms with van der Waals surface area (Å²) in [6.07, 6.45) is 2.19. The Morgan fingerprint density at radius 2 is 0.971 bits per heavy atom. The lowest BCUT2D eigenvalue weighted by Gasteiger charge is -2.46. The first kappa shape index (κ1) is 35.5. The van der Waals surface area contributed by atoms with Gasteiger partial charge in [-0.05, 0) is 60.8 Å². The van der Waals surface area contributed by atoms with Crippen LogP contribution in [0.5, 0.6) is 0 Å². The summed E-state index contributed by atoms with van der Waals surface area (Å²) < 4.78 is 27.1. The molecular weight excluding hydrogens is 485 g/mol. The zero-order valence-corrected chi connectivity index (χ0v) is 29.9. The minimum atomic E-state index is -2.01. The average Bonchev–Trinajstić information content (AvgIpc) is 2.64. The van der Waals surface area contributed by atoms with E-state index < -0.39 is 25.0 Å². The van der Waals surface area contributed by atoms with Gasteiger partial charge >= 0.3 is 0 Å². The Hall–Kier alpha value is 0.491. The highest BCUT2D eigenvalue weighted by Gasteiger charge is 2.46. The molecule has 0 fully saturated rings. The van der Waals surface area contributed by atoms with Gasteiger partial charge in [-0.25, -0.2) is 0 Å². The highest BCUT2D eigenvalue weighted by molar-refractivity contribution is 6.75. The molecule has 212 valence electrons. The van der Waals surface area contributed by atoms with Crippen LogP contribution in [0, 0.1) is 5.92 Å². The molecule has 0 unspecified atom stereocenters. The van der Waals surface area contributed by atoms with E-state index >= 15 is 0 Å². The van der Waals surface area contributed by atoms with Crippen molar-refractivity contribution in [2.45, 2.75) is 156 Å². The summed E-state index contributed by atoms with van der Waals surface area (Å²) in [4.78, 5) is 0. The monoisotopic (exact) mass is 548 g/mol. The maximum absolute atomic E-state index is 7.10. The molecule has 4 nitrogen and oxygen atoms in total. The van der Waals surface area contributed by atoms with E-state index in [0.717, 1.165) is 19.4 Å². The molecule has 0 N–H and O–H groups in total. The molecule has 0 aliphatic rings. The normalized spacial score (nSPS) is 17.4. The highest BCUT2D eigenvalue weighted by atomic mass is 28.4. The number of rotatable bonds is 14. The summed E-state index contributed by atoms with van der Waals surface area (Å²) in [5.74, 6) is 0.171. The Morgan fingerprint density at radius 3 is 1.31 bits per heavy atom. The number of hydrogen-bond donors (Lipinski definition) is 0. The molecule has 3 atom stereocenters. The molecule has 0 radical (unpaired) electrons. The highest BCUT2D eigenvalue weighted by Crippen LogP contribution is 2.42. The molecule has 0 saturated carbocycles. The van der Waals surface area contributed by atoms with Gasteiger partial charge in [-0.3, -0.25) is 0 Å². The van der Waals surface area contributed by atoms with Crippen LogP contribution < -0.4 is 0 Å². The predicted octanol–water partition coefficient (Wildman–Crippen LogP) is 9.24. The average molecular weight is 549 g/mol. The van der Waals surface area contributed by atoms with Crippen molar-refractivity contribution < 1.29 is 18.0 Å². The topological polar surface area (TPSA) is 36.9 Å². The standard InChI is InChI=1S/C28H64O4Si3/c1-18-19-20-29-21-24(31-34(14,15)27(6,7)8)23(2)25(32-35(16,17)28(9,10)11)22-30-33(12,13)26(3,4)5/h23-25H,18-22H2,1-17H3/t23-,24+,25-/m0/s1. The van der Waals surface area contributed by atoms with Gasteiger partial charge in [-0.2, -0.15) is 0 Å². The van der Waals surface area contributed by atoms with Crippen molar-refractivity contribution in [2.75, 3.05) is 19.8 Å². The third-order valence-electron chi connectivity index (χ3n) is 9.02. The summed E-state index contributed by atoms with van der Waals surface area (Å²) >= 11 is 0. The van der Waals surface area contributed by atoms with Gasteiger partial charge in [0.25, 0.3) is 0 Å². The number of unbranched alkanes of at least 4 members (excludes halogenated alkanes) is 1. The van der Waals surface area contributed by atoms with E-state index in [1.807, 2.05) is 0 Å². The van der Waals surface area contributed by atoms with Crippen LogP contribution in [0.1, 0.15) is 89.0 Å². The Labute approximate surface area is 224 Å². The maximum atomic E-state index is 7.10. The second-order valence-corrected chi connectivity index (χ2v) is 29.5. The fourth-order valence-electron chi connectivity index (χ4n) is 2.89. The van der Waals surface area contributed by atoms with E-state index in [2.05, 4.69) is 115 Å². The quantitative estimate of drug-likeness (QED) is 0.160. The fraction of sp³-hybridized carbons (Fsp3) is 1.00. The molecule has 0 bridgehead atoms. The summed E-state index contributed by atoms with van der Waals surface area (Å²) in [7, 11) is -5.90. The van der Waals surface area contributed by atoms with Gasteiger partial charge in [-0.1, -0.05) is 82.6 Å². The zero-order chi connectivity index (χ0) is 28.1. The van der Waals surface area contributed by atoms with Crippen molar-refractivity contribution >= 4 is 25.0 Å². The third-order valence-corrected chi connectivity index (χ3v) is 22.5. The van der Waals surface area contributed by atoms with Crippen molar-refractivity contribution in [1.29, 1.82) is 0 Å². The van der Waals surface area contributed by atoms with Crippen molar-refractivity contribution in [2.24, 2.45) is 5.92 Å². The molecule has 0 saturated heterocycles. The van der Waals surface area contributed by atoms with E-state index in [1.54, 1.807) is 0 Å². The van der Waals surface area contributed by atoms with Gasteiger partial charge in [0, 0.05) is 12.5 Å². The molecule has 7 heteroatoms. The first-order valence-corrected chi connectivity index (χ1v) is 22.7. The summed E-state index contributed by atoms with van der Waals surface area (Å²) in [6, 6.07) is 0. The molecule has 0 spiro atoms. The van der Waals surface area contributed by atoms with Crippen LogP contribution in [0.15, 0.2) is 0 Å². The first-order chi connectivity index (χ1) is 15.4. The molecule has 0 rings (SSSR count). The lowest BCUT2D eigenvalue weighted by atomic mass is 9.99. The van der Waals surface area contributed by atoms with E-state index in [1.165, 1.54) is 0 Å². The first-order valence-electron chi connectivity index (χ1n) is 14.0. The number of hydrogen-bond acceptors (Lipinski definition) is 4. The van der Waals surface area contributed by atoms with Crippen molar-refractivity contribution in [3.63, 3.8) is 0 Å². The van der Waals surface area contributed by atoms with Crippen LogP contribution in [-0.4, -0.2) is 57.0 Å². The molecule has 0 aliphatic heterocycles. The third kappa shape index (κ3) is 11.0. The van der Waals surface area contributed by atoms with Crippen LogP contribution in [0.3, 0.4) is 0 Å². The van der Waals surface area contributed by atoms with Crippen molar-refractivity contribution in [3.05, 3.63) is 0 Å². The smallest absolute Gasteiger partial charge is 0.192 e. The van der Waals surface area contributed by atoms with E-state index in [0.29, 0.717) is 13.2 Å². The predicted molar refractivity (Wildman–Crippen MR) is 162 cm³/mol. The minimum absolute atomic E-state index is 0.00877. The number of ether oxygens (including phenoxy) is 1. The van der Waals surface area contributed by atoms with E-state index in [9.17, 15) is 0 Å². The molecule has 0 aromatic heterocycles. The van der Waals surface area contributed by atoms with Gasteiger partial charge < -0.3 is 18.0 Å². The van der Waals surface area contributed by atoms with Gasteiger partial charge in [0.05, 0.1) is 25.4 Å². The van der Waals surface area contributed by atoms with E-state index in [-0.39, 0.29) is 33.2 Å². The van der Waals surface area contributed by atoms with Crippen LogP contribution in [-0.2, 0) is 18.0 Å². The summed E-state index contributed by atoms with van der Waals surface area (Å²) in [6.45, 7) is 41.3. The van der Waals surface area contributed by atoms with Crippen LogP contribution in [0.25, 0.3) is 0 Å². The second-order valence-electron chi connectivity index (χ2n) is 15.2. The lowest BCUT2D eigenvalue weighted by Crippen LogP contribution is -2.54. The molecular formula is C28H64O4Si3. The Kier molecular flexibility index (Phi) is 13.2. The Morgan fingerprint density at radius 1 is 0.600 bits per heavy atom. The molecule has 0 heterocycles. The Bertz CT molecular complexity index is 613.